The maximum Gasteiger partial charge on any atom is 0.348 e. The van der Waals surface area contributed by atoms with Crippen LogP contribution in [0.1, 0.15) is 0 Å². The van der Waals surface area contributed by atoms with Crippen LogP contribution in [0.3, 0.4) is 0 Å². The fraction of sp³-hybridized carbons (Fsp3) is 0.200. The summed E-state index contributed by atoms with van der Waals surface area (Å²) in [6, 6.07) is 12.9. The van der Waals surface area contributed by atoms with Crippen molar-refractivity contribution >= 4 is 27.8 Å². The lowest BCUT2D eigenvalue weighted by atomic mass is 10.1. The van der Waals surface area contributed by atoms with Crippen molar-refractivity contribution in [1.29, 1.82) is 0 Å². The molecular formula is C20H19N3O4. The number of aromatic nitrogens is 2. The summed E-state index contributed by atoms with van der Waals surface area (Å²) in [7, 11) is 3.14. The second-order valence-corrected chi connectivity index (χ2v) is 6.12. The number of ether oxygens (including phenoxy) is 2. The fourth-order valence-electron chi connectivity index (χ4n) is 3.21. The van der Waals surface area contributed by atoms with Crippen LogP contribution in [-0.2, 0) is 11.3 Å². The number of hydrogen-bond acceptors (Lipinski definition) is 6. The minimum absolute atomic E-state index is 0.364. The van der Waals surface area contributed by atoms with Crippen molar-refractivity contribution in [2.45, 2.75) is 6.54 Å². The van der Waals surface area contributed by atoms with Gasteiger partial charge < -0.3 is 19.6 Å². The number of nitrogens with two attached hydrogens (primary N) is 1. The lowest BCUT2D eigenvalue weighted by Gasteiger charge is -2.10. The highest BCUT2D eigenvalue weighted by Gasteiger charge is 2.19. The molecule has 0 unspecified atom stereocenters. The van der Waals surface area contributed by atoms with Crippen LogP contribution in [0, 0.1) is 0 Å². The van der Waals surface area contributed by atoms with E-state index in [1.54, 1.807) is 37.0 Å². The smallest absolute Gasteiger partial charge is 0.348 e. The van der Waals surface area contributed by atoms with E-state index in [1.165, 1.54) is 0 Å². The van der Waals surface area contributed by atoms with Gasteiger partial charge in [0.1, 0.15) is 22.5 Å². The Hall–Kier alpha value is -3.32. The zero-order chi connectivity index (χ0) is 19.0. The number of benzene rings is 2. The third-order valence-corrected chi connectivity index (χ3v) is 4.52. The predicted molar refractivity (Wildman–Crippen MR) is 104 cm³/mol. The molecule has 0 aliphatic rings. The first kappa shape index (κ1) is 17.1. The van der Waals surface area contributed by atoms with Crippen LogP contribution < -0.4 is 16.2 Å². The molecular weight excluding hydrogens is 346 g/mol. The van der Waals surface area contributed by atoms with Crippen LogP contribution in [0.2, 0.25) is 0 Å². The van der Waals surface area contributed by atoms with Crippen LogP contribution in [-0.4, -0.2) is 30.4 Å². The molecule has 7 heteroatoms. The molecule has 0 bridgehead atoms. The minimum Gasteiger partial charge on any atom is -0.495 e. The molecule has 2 heterocycles. The monoisotopic (exact) mass is 365 g/mol. The first-order valence-corrected chi connectivity index (χ1v) is 8.49. The highest BCUT2D eigenvalue weighted by molar-refractivity contribution is 6.06. The van der Waals surface area contributed by atoms with E-state index in [2.05, 4.69) is 4.98 Å². The molecule has 4 aromatic rings. The topological polar surface area (TPSA) is 92.5 Å². The molecule has 138 valence electrons. The van der Waals surface area contributed by atoms with Crippen LogP contribution in [0.5, 0.6) is 5.75 Å². The van der Waals surface area contributed by atoms with Gasteiger partial charge in [0.15, 0.2) is 5.58 Å². The van der Waals surface area contributed by atoms with Crippen LogP contribution >= 0.6 is 0 Å². The van der Waals surface area contributed by atoms with E-state index >= 15 is 0 Å². The van der Waals surface area contributed by atoms with Crippen LogP contribution in [0.4, 0.5) is 5.69 Å². The molecule has 2 aromatic heterocycles. The third-order valence-electron chi connectivity index (χ3n) is 4.52. The minimum atomic E-state index is -0.364. The number of furan rings is 1. The summed E-state index contributed by atoms with van der Waals surface area (Å²) >= 11 is 0. The molecule has 2 N–H and O–H groups in total. The number of methoxy groups -OCH3 is 2. The lowest BCUT2D eigenvalue weighted by molar-refractivity contribution is 0.187. The molecule has 0 radical (unpaired) electrons. The average molecular weight is 365 g/mol. The Morgan fingerprint density at radius 1 is 1.19 bits per heavy atom. The standard InChI is InChI=1S/C20H19N3O4/c1-25-10-9-23-18-13-5-3-4-6-15(13)27-19(18)17(22-20(23)24)12-7-8-14(21)16(11-12)26-2/h3-8,11H,9-10,21H2,1-2H3. The van der Waals surface area contributed by atoms with Crippen molar-refractivity contribution in [1.82, 2.24) is 9.55 Å². The van der Waals surface area contributed by atoms with Crippen molar-refractivity contribution in [3.05, 3.63) is 52.9 Å². The van der Waals surface area contributed by atoms with Crippen LogP contribution in [0.25, 0.3) is 33.3 Å². The Kier molecular flexibility index (Phi) is 4.29. The maximum absolute atomic E-state index is 12.8. The van der Waals surface area contributed by atoms with Gasteiger partial charge in [-0.1, -0.05) is 18.2 Å². The van der Waals surface area contributed by atoms with E-state index < -0.39 is 0 Å². The van der Waals surface area contributed by atoms with Crippen molar-refractivity contribution in [2.24, 2.45) is 0 Å². The Balaban J connectivity index is 2.07. The normalized spacial score (nSPS) is 11.3. The van der Waals surface area contributed by atoms with Gasteiger partial charge in [0.05, 0.1) is 25.9 Å². The number of rotatable bonds is 5. The molecule has 0 saturated carbocycles. The number of fused-ring (bicyclic) bond motifs is 3. The molecule has 4 rings (SSSR count). The molecule has 0 saturated heterocycles. The van der Waals surface area contributed by atoms with E-state index in [9.17, 15) is 4.79 Å². The first-order chi connectivity index (χ1) is 13.1. The van der Waals surface area contributed by atoms with Gasteiger partial charge in [-0.3, -0.25) is 4.57 Å². The highest BCUT2D eigenvalue weighted by Crippen LogP contribution is 2.35. The van der Waals surface area contributed by atoms with Crippen LogP contribution in [0.15, 0.2) is 51.7 Å². The SMILES string of the molecule is COCCn1c(=O)nc(-c2ccc(N)c(OC)c2)c2oc3ccccc3c21. The molecule has 0 fully saturated rings. The predicted octanol–water partition coefficient (Wildman–Crippen LogP) is 3.05. The highest BCUT2D eigenvalue weighted by atomic mass is 16.5. The van der Waals surface area contributed by atoms with Gasteiger partial charge in [-0.25, -0.2) is 4.79 Å². The molecule has 0 aliphatic heterocycles. The third kappa shape index (κ3) is 2.82. The van der Waals surface area contributed by atoms with Crippen molar-refractivity contribution in [3.63, 3.8) is 0 Å². The zero-order valence-corrected chi connectivity index (χ0v) is 15.1. The Morgan fingerprint density at radius 2 is 2.00 bits per heavy atom. The molecule has 0 spiro atoms. The average Bonchev–Trinajstić information content (AvgIpc) is 3.07. The summed E-state index contributed by atoms with van der Waals surface area (Å²) in [5.41, 5.74) is 9.14. The van der Waals surface area contributed by atoms with E-state index in [0.29, 0.717) is 52.5 Å². The van der Waals surface area contributed by atoms with Gasteiger partial charge in [0.25, 0.3) is 0 Å². The molecule has 7 nitrogen and oxygen atoms in total. The first-order valence-electron chi connectivity index (χ1n) is 8.49. The Morgan fingerprint density at radius 3 is 2.78 bits per heavy atom. The maximum atomic E-state index is 12.8. The summed E-state index contributed by atoms with van der Waals surface area (Å²) < 4.78 is 18.1. The van der Waals surface area contributed by atoms with Gasteiger partial charge in [0.2, 0.25) is 0 Å². The van der Waals surface area contributed by atoms with Gasteiger partial charge in [0, 0.05) is 18.1 Å². The quantitative estimate of drug-likeness (QED) is 0.547. The Labute approximate surface area is 154 Å². The summed E-state index contributed by atoms with van der Waals surface area (Å²) in [4.78, 5) is 17.1. The van der Waals surface area contributed by atoms with Crippen molar-refractivity contribution in [2.75, 3.05) is 26.6 Å². The number of nitrogens with zero attached hydrogens (tertiary/aromatic N) is 2. The van der Waals surface area contributed by atoms with E-state index in [-0.39, 0.29) is 5.69 Å². The van der Waals surface area contributed by atoms with Crippen molar-refractivity contribution in [3.8, 4) is 17.0 Å². The summed E-state index contributed by atoms with van der Waals surface area (Å²) in [6.07, 6.45) is 0. The van der Waals surface area contributed by atoms with E-state index in [0.717, 1.165) is 5.39 Å². The molecule has 2 aromatic carbocycles. The van der Waals surface area contributed by atoms with Gasteiger partial charge in [-0.2, -0.15) is 4.98 Å². The summed E-state index contributed by atoms with van der Waals surface area (Å²) in [5.74, 6) is 0.516. The molecule has 0 atom stereocenters. The number of para-hydroxylation sites is 1. The lowest BCUT2D eigenvalue weighted by Crippen LogP contribution is -2.25. The molecule has 0 amide bonds. The number of anilines is 1. The number of nitrogen functional groups attached to an aromatic ring is 1. The molecule has 0 aliphatic carbocycles. The largest absolute Gasteiger partial charge is 0.495 e. The van der Waals surface area contributed by atoms with E-state index in [1.807, 2.05) is 24.3 Å². The number of hydrogen-bond donors (Lipinski definition) is 1. The second-order valence-electron chi connectivity index (χ2n) is 6.12. The molecule has 27 heavy (non-hydrogen) atoms. The fourth-order valence-corrected chi connectivity index (χ4v) is 3.21. The van der Waals surface area contributed by atoms with Crippen molar-refractivity contribution < 1.29 is 13.9 Å². The zero-order valence-electron chi connectivity index (χ0n) is 15.1. The van der Waals surface area contributed by atoms with Gasteiger partial charge in [-0.15, -0.1) is 0 Å². The Bertz CT molecular complexity index is 1190. The van der Waals surface area contributed by atoms with E-state index in [4.69, 9.17) is 19.6 Å². The van der Waals surface area contributed by atoms with Gasteiger partial charge in [-0.05, 0) is 24.3 Å². The summed E-state index contributed by atoms with van der Waals surface area (Å²) in [5, 5.41) is 0.853. The summed E-state index contributed by atoms with van der Waals surface area (Å²) in [6.45, 7) is 0.777. The second kappa shape index (κ2) is 6.77. The van der Waals surface area contributed by atoms with Gasteiger partial charge >= 0.3 is 5.69 Å².